The van der Waals surface area contributed by atoms with Crippen LogP contribution in [0.4, 0.5) is 17.6 Å². The van der Waals surface area contributed by atoms with Crippen molar-refractivity contribution >= 4 is 0 Å². The summed E-state index contributed by atoms with van der Waals surface area (Å²) in [5, 5.41) is 0. The number of halogens is 4. The van der Waals surface area contributed by atoms with E-state index in [0.717, 1.165) is 24.3 Å². The first kappa shape index (κ1) is 13.2. The molecule has 0 N–H and O–H groups in total. The van der Waals surface area contributed by atoms with Gasteiger partial charge in [0.05, 0.1) is 5.56 Å². The average Bonchev–Trinajstić information content (AvgIpc) is 2.37. The first-order valence-corrected chi connectivity index (χ1v) is 5.35. The first-order chi connectivity index (χ1) is 8.90. The summed E-state index contributed by atoms with van der Waals surface area (Å²) in [7, 11) is 0. The zero-order valence-corrected chi connectivity index (χ0v) is 9.63. The highest BCUT2D eigenvalue weighted by Crippen LogP contribution is 2.32. The molecule has 0 bridgehead atoms. The average molecular weight is 264 g/mol. The SMILES string of the molecule is C#Cc1cc(F)cc(-c2cccc(C(F)(F)F)c2)c1. The van der Waals surface area contributed by atoms with Gasteiger partial charge in [-0.1, -0.05) is 18.1 Å². The van der Waals surface area contributed by atoms with Crippen LogP contribution in [0.5, 0.6) is 0 Å². The van der Waals surface area contributed by atoms with Crippen molar-refractivity contribution in [2.75, 3.05) is 0 Å². The van der Waals surface area contributed by atoms with Crippen LogP contribution in [-0.2, 0) is 6.18 Å². The van der Waals surface area contributed by atoms with Crippen LogP contribution < -0.4 is 0 Å². The molecule has 0 aromatic heterocycles. The van der Waals surface area contributed by atoms with Crippen molar-refractivity contribution in [3.8, 4) is 23.5 Å². The zero-order valence-electron chi connectivity index (χ0n) is 9.63. The molecule has 0 saturated heterocycles. The van der Waals surface area contributed by atoms with Gasteiger partial charge in [0.25, 0.3) is 0 Å². The van der Waals surface area contributed by atoms with Crippen LogP contribution in [0.2, 0.25) is 0 Å². The number of alkyl halides is 3. The first-order valence-electron chi connectivity index (χ1n) is 5.35. The van der Waals surface area contributed by atoms with Gasteiger partial charge >= 0.3 is 6.18 Å². The number of benzene rings is 2. The van der Waals surface area contributed by atoms with Crippen molar-refractivity contribution in [2.24, 2.45) is 0 Å². The molecule has 19 heavy (non-hydrogen) atoms. The number of rotatable bonds is 1. The van der Waals surface area contributed by atoms with Gasteiger partial charge in [-0.3, -0.25) is 0 Å². The molecular formula is C15H8F4. The van der Waals surface area contributed by atoms with Crippen LogP contribution in [0.25, 0.3) is 11.1 Å². The Kier molecular flexibility index (Phi) is 3.30. The fourth-order valence-electron chi connectivity index (χ4n) is 1.71. The molecule has 0 fully saturated rings. The summed E-state index contributed by atoms with van der Waals surface area (Å²) in [6.45, 7) is 0. The molecule has 4 heteroatoms. The van der Waals surface area contributed by atoms with Crippen LogP contribution >= 0.6 is 0 Å². The van der Waals surface area contributed by atoms with Gasteiger partial charge < -0.3 is 0 Å². The molecule has 96 valence electrons. The molecule has 2 aromatic rings. The van der Waals surface area contributed by atoms with E-state index in [1.165, 1.54) is 18.2 Å². The lowest BCUT2D eigenvalue weighted by atomic mass is 10.0. The molecule has 0 spiro atoms. The summed E-state index contributed by atoms with van der Waals surface area (Å²) in [5.74, 6) is 1.68. The molecule has 0 nitrogen and oxygen atoms in total. The van der Waals surface area contributed by atoms with Crippen molar-refractivity contribution in [2.45, 2.75) is 6.18 Å². The molecule has 0 aliphatic carbocycles. The highest BCUT2D eigenvalue weighted by atomic mass is 19.4. The van der Waals surface area contributed by atoms with E-state index >= 15 is 0 Å². The quantitative estimate of drug-likeness (QED) is 0.525. The molecule has 0 aliphatic rings. The summed E-state index contributed by atoms with van der Waals surface area (Å²) in [6.07, 6.45) is 0.736. The van der Waals surface area contributed by atoms with Gasteiger partial charge in [0.15, 0.2) is 0 Å². The minimum Gasteiger partial charge on any atom is -0.207 e. The lowest BCUT2D eigenvalue weighted by Gasteiger charge is -2.09. The molecular weight excluding hydrogens is 256 g/mol. The third-order valence-electron chi connectivity index (χ3n) is 2.59. The minimum atomic E-state index is -4.43. The van der Waals surface area contributed by atoms with Crippen molar-refractivity contribution in [1.29, 1.82) is 0 Å². The van der Waals surface area contributed by atoms with Crippen LogP contribution in [0.15, 0.2) is 42.5 Å². The third kappa shape index (κ3) is 2.94. The lowest BCUT2D eigenvalue weighted by Crippen LogP contribution is -2.04. The molecule has 0 heterocycles. The Hall–Kier alpha value is -2.28. The maximum absolute atomic E-state index is 13.3. The fourth-order valence-corrected chi connectivity index (χ4v) is 1.71. The largest absolute Gasteiger partial charge is 0.416 e. The standard InChI is InChI=1S/C15H8F4/c1-2-10-6-12(9-14(16)7-10)11-4-3-5-13(8-11)15(17,18)19/h1,3-9H. The number of hydrogen-bond donors (Lipinski definition) is 0. The molecule has 0 radical (unpaired) electrons. The van der Waals surface area contributed by atoms with E-state index in [4.69, 9.17) is 6.42 Å². The van der Waals surface area contributed by atoms with Crippen molar-refractivity contribution in [3.05, 3.63) is 59.4 Å². The van der Waals surface area contributed by atoms with Gasteiger partial charge in [-0.05, 0) is 41.5 Å². The Morgan fingerprint density at radius 3 is 2.32 bits per heavy atom. The summed E-state index contributed by atoms with van der Waals surface area (Å²) in [4.78, 5) is 0. The molecule has 0 atom stereocenters. The van der Waals surface area contributed by atoms with Crippen molar-refractivity contribution in [1.82, 2.24) is 0 Å². The lowest BCUT2D eigenvalue weighted by molar-refractivity contribution is -0.137. The van der Waals surface area contributed by atoms with E-state index in [-0.39, 0.29) is 11.1 Å². The van der Waals surface area contributed by atoms with E-state index in [0.29, 0.717) is 5.56 Å². The van der Waals surface area contributed by atoms with Gasteiger partial charge in [-0.2, -0.15) is 13.2 Å². The Bertz CT molecular complexity index is 648. The second kappa shape index (κ2) is 4.77. The molecule has 0 amide bonds. The maximum atomic E-state index is 13.3. The monoisotopic (exact) mass is 264 g/mol. The second-order valence-corrected chi connectivity index (χ2v) is 3.95. The van der Waals surface area contributed by atoms with E-state index < -0.39 is 17.6 Å². The van der Waals surface area contributed by atoms with Gasteiger partial charge in [0, 0.05) is 5.56 Å². The molecule has 0 saturated carbocycles. The van der Waals surface area contributed by atoms with Gasteiger partial charge in [0.1, 0.15) is 5.82 Å². The minimum absolute atomic E-state index is 0.269. The highest BCUT2D eigenvalue weighted by molar-refractivity contribution is 5.66. The van der Waals surface area contributed by atoms with E-state index in [1.807, 2.05) is 0 Å². The van der Waals surface area contributed by atoms with Crippen molar-refractivity contribution in [3.63, 3.8) is 0 Å². The summed E-state index contributed by atoms with van der Waals surface area (Å²) >= 11 is 0. The van der Waals surface area contributed by atoms with E-state index in [9.17, 15) is 17.6 Å². The fraction of sp³-hybridized carbons (Fsp3) is 0.0667. The van der Waals surface area contributed by atoms with Gasteiger partial charge in [-0.15, -0.1) is 6.42 Å². The van der Waals surface area contributed by atoms with Crippen LogP contribution in [0.3, 0.4) is 0 Å². The van der Waals surface area contributed by atoms with Crippen LogP contribution in [0, 0.1) is 18.2 Å². The van der Waals surface area contributed by atoms with Crippen molar-refractivity contribution < 1.29 is 17.6 Å². The maximum Gasteiger partial charge on any atom is 0.416 e. The molecule has 0 aliphatic heterocycles. The number of terminal acetylenes is 1. The predicted molar refractivity (Wildman–Crippen MR) is 64.8 cm³/mol. The van der Waals surface area contributed by atoms with E-state index in [2.05, 4.69) is 5.92 Å². The summed E-state index contributed by atoms with van der Waals surface area (Å²) in [6, 6.07) is 8.45. The molecule has 2 rings (SSSR count). The zero-order chi connectivity index (χ0) is 14.0. The molecule has 2 aromatic carbocycles. The van der Waals surface area contributed by atoms with Crippen LogP contribution in [0.1, 0.15) is 11.1 Å². The Balaban J connectivity index is 2.54. The van der Waals surface area contributed by atoms with E-state index in [1.54, 1.807) is 0 Å². The van der Waals surface area contributed by atoms with Gasteiger partial charge in [-0.25, -0.2) is 4.39 Å². The molecule has 0 unspecified atom stereocenters. The Morgan fingerprint density at radius 1 is 0.947 bits per heavy atom. The smallest absolute Gasteiger partial charge is 0.207 e. The Labute approximate surface area is 107 Å². The summed E-state index contributed by atoms with van der Waals surface area (Å²) < 4.78 is 51.1. The predicted octanol–water partition coefficient (Wildman–Crippen LogP) is 4.49. The van der Waals surface area contributed by atoms with Gasteiger partial charge in [0.2, 0.25) is 0 Å². The Morgan fingerprint density at radius 2 is 1.68 bits per heavy atom. The topological polar surface area (TPSA) is 0 Å². The second-order valence-electron chi connectivity index (χ2n) is 3.95. The normalized spacial score (nSPS) is 11.1. The highest BCUT2D eigenvalue weighted by Gasteiger charge is 2.30. The third-order valence-corrected chi connectivity index (χ3v) is 2.59. The summed E-state index contributed by atoms with van der Waals surface area (Å²) in [5.41, 5.74) is 0.0915. The number of hydrogen-bond acceptors (Lipinski definition) is 0. The van der Waals surface area contributed by atoms with Crippen LogP contribution in [-0.4, -0.2) is 0 Å².